The molecule has 0 atom stereocenters. The Labute approximate surface area is 186 Å². The normalized spacial score (nSPS) is 11.5. The van der Waals surface area contributed by atoms with Gasteiger partial charge >= 0.3 is 0 Å². The van der Waals surface area contributed by atoms with Gasteiger partial charge < -0.3 is 10.1 Å². The summed E-state index contributed by atoms with van der Waals surface area (Å²) in [6, 6.07) is 20.0. The van der Waals surface area contributed by atoms with E-state index in [-0.39, 0.29) is 5.91 Å². The number of halogens is 2. The molecule has 6 nitrogen and oxygen atoms in total. The highest BCUT2D eigenvalue weighted by Gasteiger charge is 2.30. The number of fused-ring (bicyclic) bond motifs is 1. The number of benzene rings is 3. The topological polar surface area (TPSA) is 69.0 Å². The molecular weight excluding hydrogens is 468 g/mol. The largest absolute Gasteiger partial charge is 0.478 e. The van der Waals surface area contributed by atoms with Crippen molar-refractivity contribution in [3.05, 3.63) is 76.2 Å². The van der Waals surface area contributed by atoms with Gasteiger partial charge in [0.05, 0.1) is 5.69 Å². The van der Waals surface area contributed by atoms with Crippen LogP contribution in [0.15, 0.2) is 71.2 Å². The van der Waals surface area contributed by atoms with Gasteiger partial charge in [-0.05, 0) is 80.6 Å². The molecule has 3 aromatic carbocycles. The zero-order chi connectivity index (χ0) is 21.3. The van der Waals surface area contributed by atoms with Crippen molar-refractivity contribution in [1.82, 2.24) is 15.0 Å². The van der Waals surface area contributed by atoms with Crippen LogP contribution in [0.1, 0.15) is 13.8 Å². The summed E-state index contributed by atoms with van der Waals surface area (Å²) in [5.41, 5.74) is 1.72. The molecule has 0 fully saturated rings. The van der Waals surface area contributed by atoms with E-state index in [2.05, 4.69) is 31.4 Å². The monoisotopic (exact) mass is 484 g/mol. The van der Waals surface area contributed by atoms with Gasteiger partial charge in [-0.15, -0.1) is 10.2 Å². The van der Waals surface area contributed by atoms with E-state index in [1.165, 1.54) is 4.80 Å². The minimum atomic E-state index is -1.07. The Bertz CT molecular complexity index is 1200. The Hall–Kier alpha value is -2.90. The van der Waals surface area contributed by atoms with E-state index in [1.807, 2.05) is 30.3 Å². The van der Waals surface area contributed by atoms with E-state index >= 15 is 0 Å². The first-order chi connectivity index (χ1) is 14.3. The van der Waals surface area contributed by atoms with Crippen LogP contribution in [0.5, 0.6) is 5.75 Å². The van der Waals surface area contributed by atoms with Gasteiger partial charge in [0, 0.05) is 15.2 Å². The lowest BCUT2D eigenvalue weighted by atomic mass is 10.1. The second kappa shape index (κ2) is 8.08. The molecule has 4 aromatic rings. The molecular formula is C22H18BrClN4O2. The lowest BCUT2D eigenvalue weighted by Crippen LogP contribution is -2.42. The average Bonchev–Trinajstić information content (AvgIpc) is 3.13. The van der Waals surface area contributed by atoms with E-state index in [9.17, 15) is 4.79 Å². The van der Waals surface area contributed by atoms with Crippen LogP contribution < -0.4 is 10.1 Å². The van der Waals surface area contributed by atoms with Crippen molar-refractivity contribution in [2.45, 2.75) is 19.4 Å². The molecule has 1 amide bonds. The summed E-state index contributed by atoms with van der Waals surface area (Å²) in [5.74, 6) is 0.342. The lowest BCUT2D eigenvalue weighted by molar-refractivity contribution is -0.128. The van der Waals surface area contributed by atoms with Crippen molar-refractivity contribution in [1.29, 1.82) is 0 Å². The second-order valence-electron chi connectivity index (χ2n) is 7.19. The van der Waals surface area contributed by atoms with Crippen LogP contribution >= 0.6 is 27.5 Å². The SMILES string of the molecule is CC(C)(Oc1ccc(Br)cc1)C(=O)Nc1ccc2nn(-c3ccc(Cl)cc3)nc2c1. The predicted octanol–water partition coefficient (Wildman–Crippen LogP) is 5.63. The van der Waals surface area contributed by atoms with E-state index in [0.717, 1.165) is 10.2 Å². The van der Waals surface area contributed by atoms with E-state index < -0.39 is 5.60 Å². The van der Waals surface area contributed by atoms with Crippen molar-refractivity contribution >= 4 is 50.2 Å². The highest BCUT2D eigenvalue weighted by molar-refractivity contribution is 9.10. The summed E-state index contributed by atoms with van der Waals surface area (Å²) in [6.07, 6.45) is 0. The molecule has 4 rings (SSSR count). The first-order valence-corrected chi connectivity index (χ1v) is 10.4. The minimum absolute atomic E-state index is 0.269. The summed E-state index contributed by atoms with van der Waals surface area (Å²) < 4.78 is 6.82. The second-order valence-corrected chi connectivity index (χ2v) is 8.54. The van der Waals surface area contributed by atoms with Crippen molar-refractivity contribution in [2.24, 2.45) is 0 Å². The van der Waals surface area contributed by atoms with Gasteiger partial charge in [0.2, 0.25) is 0 Å². The van der Waals surface area contributed by atoms with E-state index in [1.54, 1.807) is 50.2 Å². The number of hydrogen-bond donors (Lipinski definition) is 1. The molecule has 0 bridgehead atoms. The highest BCUT2D eigenvalue weighted by atomic mass is 79.9. The molecule has 1 aromatic heterocycles. The first kappa shape index (κ1) is 20.4. The summed E-state index contributed by atoms with van der Waals surface area (Å²) in [6.45, 7) is 3.44. The first-order valence-electron chi connectivity index (χ1n) is 9.19. The van der Waals surface area contributed by atoms with Crippen LogP contribution in [-0.4, -0.2) is 26.5 Å². The molecule has 0 spiro atoms. The van der Waals surface area contributed by atoms with Gasteiger partial charge in [-0.25, -0.2) is 0 Å². The van der Waals surface area contributed by atoms with Crippen molar-refractivity contribution in [3.63, 3.8) is 0 Å². The molecule has 0 aliphatic heterocycles. The van der Waals surface area contributed by atoms with E-state index in [4.69, 9.17) is 16.3 Å². The third kappa shape index (κ3) is 4.47. The number of amides is 1. The molecule has 0 unspecified atom stereocenters. The maximum absolute atomic E-state index is 12.8. The third-order valence-corrected chi connectivity index (χ3v) is 5.21. The van der Waals surface area contributed by atoms with Crippen molar-refractivity contribution < 1.29 is 9.53 Å². The van der Waals surface area contributed by atoms with Gasteiger partial charge in [0.25, 0.3) is 5.91 Å². The number of hydrogen-bond acceptors (Lipinski definition) is 4. The number of aromatic nitrogens is 3. The fourth-order valence-electron chi connectivity index (χ4n) is 2.81. The van der Waals surface area contributed by atoms with Gasteiger partial charge in [-0.2, -0.15) is 4.80 Å². The van der Waals surface area contributed by atoms with Gasteiger partial charge in [-0.3, -0.25) is 4.79 Å². The number of anilines is 1. The van der Waals surface area contributed by atoms with Crippen LogP contribution in [-0.2, 0) is 4.79 Å². The molecule has 30 heavy (non-hydrogen) atoms. The molecule has 0 aliphatic carbocycles. The third-order valence-electron chi connectivity index (χ3n) is 4.43. The predicted molar refractivity (Wildman–Crippen MR) is 121 cm³/mol. The van der Waals surface area contributed by atoms with Crippen LogP contribution in [0.4, 0.5) is 5.69 Å². The number of ether oxygens (including phenoxy) is 1. The Morgan fingerprint density at radius 3 is 2.37 bits per heavy atom. The zero-order valence-corrected chi connectivity index (χ0v) is 18.6. The van der Waals surface area contributed by atoms with E-state index in [0.29, 0.717) is 27.5 Å². The molecule has 8 heteroatoms. The Morgan fingerprint density at radius 2 is 1.67 bits per heavy atom. The maximum Gasteiger partial charge on any atom is 0.267 e. The van der Waals surface area contributed by atoms with Crippen molar-refractivity contribution in [2.75, 3.05) is 5.32 Å². The van der Waals surface area contributed by atoms with Crippen LogP contribution in [0.3, 0.4) is 0 Å². The standard InChI is InChI=1S/C22H18BrClN4O2/c1-22(2,30-18-10-3-14(23)4-11-18)21(29)25-16-7-12-19-20(13-16)27-28(26-19)17-8-5-15(24)6-9-17/h3-13H,1-2H3,(H,25,29). The minimum Gasteiger partial charge on any atom is -0.478 e. The van der Waals surface area contributed by atoms with Gasteiger partial charge in [0.15, 0.2) is 5.60 Å². The smallest absolute Gasteiger partial charge is 0.267 e. The summed E-state index contributed by atoms with van der Waals surface area (Å²) >= 11 is 9.32. The number of rotatable bonds is 5. The number of nitrogens with zero attached hydrogens (tertiary/aromatic N) is 3. The molecule has 152 valence electrons. The quantitative estimate of drug-likeness (QED) is 0.398. The average molecular weight is 486 g/mol. The summed E-state index contributed by atoms with van der Waals surface area (Å²) in [5, 5.41) is 12.5. The number of carbonyl (C=O) groups is 1. The molecule has 0 saturated carbocycles. The van der Waals surface area contributed by atoms with Crippen LogP contribution in [0, 0.1) is 0 Å². The fraction of sp³-hybridized carbons (Fsp3) is 0.136. The Balaban J connectivity index is 1.52. The molecule has 0 radical (unpaired) electrons. The molecule has 1 N–H and O–H groups in total. The zero-order valence-electron chi connectivity index (χ0n) is 16.3. The maximum atomic E-state index is 12.8. The van der Waals surface area contributed by atoms with Crippen LogP contribution in [0.2, 0.25) is 5.02 Å². The summed E-state index contributed by atoms with van der Waals surface area (Å²) in [4.78, 5) is 14.3. The molecule has 0 saturated heterocycles. The lowest BCUT2D eigenvalue weighted by Gasteiger charge is -2.25. The number of nitrogens with one attached hydrogen (secondary N) is 1. The fourth-order valence-corrected chi connectivity index (χ4v) is 3.20. The Morgan fingerprint density at radius 1 is 1.00 bits per heavy atom. The number of carbonyl (C=O) groups excluding carboxylic acids is 1. The van der Waals surface area contributed by atoms with Gasteiger partial charge in [-0.1, -0.05) is 27.5 Å². The molecule has 1 heterocycles. The summed E-state index contributed by atoms with van der Waals surface area (Å²) in [7, 11) is 0. The Kier molecular flexibility index (Phi) is 5.49. The molecule has 0 aliphatic rings. The van der Waals surface area contributed by atoms with Crippen LogP contribution in [0.25, 0.3) is 16.7 Å². The highest BCUT2D eigenvalue weighted by Crippen LogP contribution is 2.24. The van der Waals surface area contributed by atoms with Crippen molar-refractivity contribution in [3.8, 4) is 11.4 Å². The van der Waals surface area contributed by atoms with Gasteiger partial charge in [0.1, 0.15) is 16.8 Å².